The second-order valence-electron chi connectivity index (χ2n) is 8.68. The molecule has 3 heterocycles. The Morgan fingerprint density at radius 2 is 1.86 bits per heavy atom. The van der Waals surface area contributed by atoms with Gasteiger partial charge in [-0.05, 0) is 56.7 Å². The molecule has 1 N–H and O–H groups in total. The number of amides is 1. The Labute approximate surface area is 217 Å². The molecular formula is C28H27N5O3S. The fraction of sp³-hybridized carbons (Fsp3) is 0.214. The van der Waals surface area contributed by atoms with Gasteiger partial charge < -0.3 is 10.1 Å². The minimum atomic E-state index is -0.646. The molecule has 188 valence electrons. The van der Waals surface area contributed by atoms with Gasteiger partial charge in [-0.15, -0.1) is 0 Å². The minimum Gasteiger partial charge on any atom is -0.497 e. The molecule has 1 amide bonds. The second kappa shape index (κ2) is 10.0. The highest BCUT2D eigenvalue weighted by Crippen LogP contribution is 2.31. The molecule has 0 spiro atoms. The van der Waals surface area contributed by atoms with Crippen LogP contribution in [0.2, 0.25) is 0 Å². The Kier molecular flexibility index (Phi) is 6.62. The van der Waals surface area contributed by atoms with Crippen LogP contribution in [0.4, 0.5) is 5.69 Å². The first-order valence-electron chi connectivity index (χ1n) is 12.0. The third kappa shape index (κ3) is 4.53. The van der Waals surface area contributed by atoms with Crippen molar-refractivity contribution in [3.05, 3.63) is 109 Å². The van der Waals surface area contributed by atoms with E-state index in [2.05, 4.69) is 10.4 Å². The van der Waals surface area contributed by atoms with Crippen LogP contribution in [0.1, 0.15) is 36.7 Å². The first kappa shape index (κ1) is 24.5. The molecule has 37 heavy (non-hydrogen) atoms. The molecule has 1 aliphatic heterocycles. The van der Waals surface area contributed by atoms with Crippen LogP contribution in [0.5, 0.6) is 5.75 Å². The van der Waals surface area contributed by atoms with Gasteiger partial charge >= 0.3 is 0 Å². The molecule has 0 unspecified atom stereocenters. The highest BCUT2D eigenvalue weighted by atomic mass is 32.1. The maximum absolute atomic E-state index is 13.8. The smallest absolute Gasteiger partial charge is 0.271 e. The van der Waals surface area contributed by atoms with Gasteiger partial charge in [0, 0.05) is 23.5 Å². The number of carbonyl (C=O) groups excluding carboxylic acids is 1. The maximum Gasteiger partial charge on any atom is 0.271 e. The Morgan fingerprint density at radius 3 is 2.51 bits per heavy atom. The Hall–Kier alpha value is -4.24. The number of fused-ring (bicyclic) bond motifs is 1. The molecule has 2 aromatic carbocycles. The van der Waals surface area contributed by atoms with E-state index in [0.717, 1.165) is 23.4 Å². The number of benzene rings is 2. The summed E-state index contributed by atoms with van der Waals surface area (Å²) in [6.07, 6.45) is 3.62. The number of aryl methyl sites for hydroxylation is 1. The number of nitrogens with zero attached hydrogens (tertiary/aromatic N) is 4. The van der Waals surface area contributed by atoms with Crippen LogP contribution in [-0.4, -0.2) is 27.4 Å². The molecular weight excluding hydrogens is 486 g/mol. The van der Waals surface area contributed by atoms with Gasteiger partial charge in [0.2, 0.25) is 0 Å². The molecule has 2 aromatic heterocycles. The number of nitrogens with one attached hydrogen (secondary N) is 1. The number of ether oxygens (including phenoxy) is 1. The van der Waals surface area contributed by atoms with Crippen molar-refractivity contribution in [2.45, 2.75) is 33.4 Å². The number of rotatable bonds is 6. The van der Waals surface area contributed by atoms with Crippen LogP contribution in [-0.2, 0) is 11.3 Å². The Balaban J connectivity index is 1.67. The average Bonchev–Trinajstić information content (AvgIpc) is 3.42. The zero-order valence-corrected chi connectivity index (χ0v) is 21.9. The predicted molar refractivity (Wildman–Crippen MR) is 144 cm³/mol. The number of aromatic nitrogens is 3. The van der Waals surface area contributed by atoms with Crippen LogP contribution < -0.4 is 24.9 Å². The first-order valence-corrected chi connectivity index (χ1v) is 12.8. The van der Waals surface area contributed by atoms with Crippen molar-refractivity contribution in [3.63, 3.8) is 0 Å². The summed E-state index contributed by atoms with van der Waals surface area (Å²) < 4.78 is 9.37. The van der Waals surface area contributed by atoms with Crippen LogP contribution >= 0.6 is 11.3 Å². The molecule has 1 atom stereocenters. The molecule has 5 rings (SSSR count). The summed E-state index contributed by atoms with van der Waals surface area (Å²) in [5.41, 5.74) is 4.11. The van der Waals surface area contributed by atoms with Gasteiger partial charge in [-0.1, -0.05) is 41.7 Å². The molecule has 0 saturated carbocycles. The largest absolute Gasteiger partial charge is 0.497 e. The van der Waals surface area contributed by atoms with Crippen molar-refractivity contribution >= 4 is 29.0 Å². The SMILES string of the molecule is CCn1ncc(C=c2sc3n(c2=O)[C@H](c2ccc(OC)cc2)C(C(=O)Nc2ccccc2)=C(C)N=3)c1C. The summed E-state index contributed by atoms with van der Waals surface area (Å²) in [6.45, 7) is 6.56. The molecule has 1 aliphatic rings. The summed E-state index contributed by atoms with van der Waals surface area (Å²) >= 11 is 1.31. The highest BCUT2D eigenvalue weighted by molar-refractivity contribution is 7.07. The first-order chi connectivity index (χ1) is 17.9. The van der Waals surface area contributed by atoms with Crippen molar-refractivity contribution in [2.75, 3.05) is 12.4 Å². The third-order valence-corrected chi connectivity index (χ3v) is 7.44. The van der Waals surface area contributed by atoms with Gasteiger partial charge in [0.1, 0.15) is 5.75 Å². The monoisotopic (exact) mass is 513 g/mol. The van der Waals surface area contributed by atoms with Gasteiger partial charge in [0.05, 0.1) is 35.2 Å². The number of methoxy groups -OCH3 is 1. The Bertz CT molecular complexity index is 1680. The van der Waals surface area contributed by atoms with E-state index < -0.39 is 6.04 Å². The fourth-order valence-electron chi connectivity index (χ4n) is 4.50. The molecule has 8 nitrogen and oxygen atoms in total. The van der Waals surface area contributed by atoms with Gasteiger partial charge in [-0.3, -0.25) is 18.8 Å². The highest BCUT2D eigenvalue weighted by Gasteiger charge is 2.32. The number of hydrogen-bond donors (Lipinski definition) is 1. The lowest BCUT2D eigenvalue weighted by molar-refractivity contribution is -0.113. The zero-order chi connectivity index (χ0) is 26.1. The second-order valence-corrected chi connectivity index (χ2v) is 9.69. The number of para-hydroxylation sites is 1. The van der Waals surface area contributed by atoms with E-state index in [0.29, 0.717) is 32.0 Å². The molecule has 0 saturated heterocycles. The summed E-state index contributed by atoms with van der Waals surface area (Å²) in [5, 5.41) is 7.36. The van der Waals surface area contributed by atoms with Gasteiger partial charge in [0.15, 0.2) is 4.80 Å². The lowest BCUT2D eigenvalue weighted by atomic mass is 9.95. The van der Waals surface area contributed by atoms with Crippen LogP contribution in [0.15, 0.2) is 81.9 Å². The quantitative estimate of drug-likeness (QED) is 0.428. The molecule has 0 radical (unpaired) electrons. The van der Waals surface area contributed by atoms with Crippen molar-refractivity contribution in [2.24, 2.45) is 4.99 Å². The van der Waals surface area contributed by atoms with E-state index in [1.165, 1.54) is 11.3 Å². The lowest BCUT2D eigenvalue weighted by Gasteiger charge is -2.25. The van der Waals surface area contributed by atoms with Crippen molar-refractivity contribution < 1.29 is 9.53 Å². The van der Waals surface area contributed by atoms with Crippen LogP contribution in [0, 0.1) is 6.92 Å². The summed E-state index contributed by atoms with van der Waals surface area (Å²) in [4.78, 5) is 32.7. The normalized spacial score (nSPS) is 15.4. The van der Waals surface area contributed by atoms with E-state index >= 15 is 0 Å². The van der Waals surface area contributed by atoms with Crippen LogP contribution in [0.3, 0.4) is 0 Å². The predicted octanol–water partition coefficient (Wildman–Crippen LogP) is 3.41. The summed E-state index contributed by atoms with van der Waals surface area (Å²) in [7, 11) is 1.60. The lowest BCUT2D eigenvalue weighted by Crippen LogP contribution is -2.40. The summed E-state index contributed by atoms with van der Waals surface area (Å²) in [6, 6.07) is 16.0. The van der Waals surface area contributed by atoms with Crippen molar-refractivity contribution in [1.82, 2.24) is 14.3 Å². The number of thiazole rings is 1. The summed E-state index contributed by atoms with van der Waals surface area (Å²) in [5.74, 6) is 0.387. The standard InChI is InChI=1S/C28H27N5O3S/c1-5-32-18(3)20(16-29-32)15-23-27(35)33-25(19-11-13-22(36-4)14-12-19)24(17(2)30-28(33)37-23)26(34)31-21-9-7-6-8-10-21/h6-16,25H,5H2,1-4H3,(H,31,34)/t25-/m1/s1. The molecule has 0 fully saturated rings. The van der Waals surface area contributed by atoms with Gasteiger partial charge in [0.25, 0.3) is 11.5 Å². The van der Waals surface area contributed by atoms with Crippen molar-refractivity contribution in [3.8, 4) is 5.75 Å². The molecule has 0 aliphatic carbocycles. The number of carbonyl (C=O) groups is 1. The van der Waals surface area contributed by atoms with E-state index in [4.69, 9.17) is 9.73 Å². The van der Waals surface area contributed by atoms with E-state index in [-0.39, 0.29) is 11.5 Å². The third-order valence-electron chi connectivity index (χ3n) is 6.46. The zero-order valence-electron chi connectivity index (χ0n) is 21.1. The number of hydrogen-bond acceptors (Lipinski definition) is 6. The molecule has 9 heteroatoms. The van der Waals surface area contributed by atoms with E-state index in [1.54, 1.807) is 17.9 Å². The van der Waals surface area contributed by atoms with Crippen LogP contribution in [0.25, 0.3) is 6.08 Å². The van der Waals surface area contributed by atoms with E-state index in [9.17, 15) is 9.59 Å². The van der Waals surface area contributed by atoms with Gasteiger partial charge in [-0.25, -0.2) is 4.99 Å². The topological polar surface area (TPSA) is 90.5 Å². The molecule has 0 bridgehead atoms. The minimum absolute atomic E-state index is 0.203. The average molecular weight is 514 g/mol. The van der Waals surface area contributed by atoms with E-state index in [1.807, 2.05) is 86.1 Å². The fourth-order valence-corrected chi connectivity index (χ4v) is 5.53. The number of allylic oxidation sites excluding steroid dienone is 1. The molecule has 4 aromatic rings. The maximum atomic E-state index is 13.8. The number of anilines is 1. The van der Waals surface area contributed by atoms with Crippen molar-refractivity contribution in [1.29, 1.82) is 0 Å². The van der Waals surface area contributed by atoms with Gasteiger partial charge in [-0.2, -0.15) is 5.10 Å². The Morgan fingerprint density at radius 1 is 1.14 bits per heavy atom.